The maximum Gasteiger partial charge on any atom is 0.327 e. The summed E-state index contributed by atoms with van der Waals surface area (Å²) in [6.45, 7) is 1.85. The highest BCUT2D eigenvalue weighted by Crippen LogP contribution is 2.33. The Hall–Kier alpha value is -1.49. The topological polar surface area (TPSA) is 57.6 Å². The van der Waals surface area contributed by atoms with Crippen molar-refractivity contribution < 1.29 is 14.7 Å². The molecule has 1 N–H and O–H groups in total. The van der Waals surface area contributed by atoms with Crippen molar-refractivity contribution in [3.8, 4) is 0 Å². The van der Waals surface area contributed by atoms with Crippen molar-refractivity contribution >= 4 is 29.3 Å². The predicted molar refractivity (Wildman–Crippen MR) is 76.6 cm³/mol. The number of hydrogen-bond acceptors (Lipinski definition) is 3. The van der Waals surface area contributed by atoms with Gasteiger partial charge < -0.3 is 5.11 Å². The number of carboxylic acids is 1. The molecule has 2 rings (SSSR count). The predicted octanol–water partition coefficient (Wildman–Crippen LogP) is 2.03. The number of amides is 1. The van der Waals surface area contributed by atoms with Crippen molar-refractivity contribution in [2.45, 2.75) is 19.4 Å². The second-order valence-corrected chi connectivity index (χ2v) is 5.66. The third-order valence-electron chi connectivity index (χ3n) is 3.34. The standard InChI is InChI=1S/C14H17NO3S/c1-9(8-19-2)13(16)15-11-6-4-3-5-10(11)7-12(15)14(17)18/h3-6,9,12H,7-8H2,1-2H3,(H,17,18). The highest BCUT2D eigenvalue weighted by Gasteiger charge is 2.39. The summed E-state index contributed by atoms with van der Waals surface area (Å²) in [6, 6.07) is 6.65. The van der Waals surface area contributed by atoms with Crippen LogP contribution < -0.4 is 4.90 Å². The molecule has 4 nitrogen and oxygen atoms in total. The van der Waals surface area contributed by atoms with Gasteiger partial charge in [-0.1, -0.05) is 25.1 Å². The summed E-state index contributed by atoms with van der Waals surface area (Å²) in [6.07, 6.45) is 2.33. The van der Waals surface area contributed by atoms with E-state index < -0.39 is 12.0 Å². The lowest BCUT2D eigenvalue weighted by molar-refractivity contribution is -0.140. The van der Waals surface area contributed by atoms with Gasteiger partial charge in [-0.2, -0.15) is 11.8 Å². The highest BCUT2D eigenvalue weighted by atomic mass is 32.2. The van der Waals surface area contributed by atoms with Crippen LogP contribution in [0.15, 0.2) is 24.3 Å². The highest BCUT2D eigenvalue weighted by molar-refractivity contribution is 7.98. The molecule has 1 aromatic rings. The van der Waals surface area contributed by atoms with E-state index >= 15 is 0 Å². The zero-order chi connectivity index (χ0) is 14.0. The number of anilines is 1. The van der Waals surface area contributed by atoms with Gasteiger partial charge in [-0.05, 0) is 17.9 Å². The van der Waals surface area contributed by atoms with Gasteiger partial charge in [-0.25, -0.2) is 4.79 Å². The Bertz CT molecular complexity index is 503. The fourth-order valence-electron chi connectivity index (χ4n) is 2.41. The molecule has 0 bridgehead atoms. The minimum absolute atomic E-state index is 0.105. The first-order chi connectivity index (χ1) is 9.06. The van der Waals surface area contributed by atoms with Crippen molar-refractivity contribution in [3.05, 3.63) is 29.8 Å². The van der Waals surface area contributed by atoms with Crippen LogP contribution in [0.4, 0.5) is 5.69 Å². The van der Waals surface area contributed by atoms with Crippen LogP contribution in [-0.2, 0) is 16.0 Å². The van der Waals surface area contributed by atoms with E-state index in [1.807, 2.05) is 37.4 Å². The molecule has 0 fully saturated rings. The van der Waals surface area contributed by atoms with Crippen molar-refractivity contribution in [2.75, 3.05) is 16.9 Å². The van der Waals surface area contributed by atoms with Crippen molar-refractivity contribution in [2.24, 2.45) is 5.92 Å². The summed E-state index contributed by atoms with van der Waals surface area (Å²) in [5, 5.41) is 9.32. The van der Waals surface area contributed by atoms with E-state index in [1.165, 1.54) is 4.90 Å². The van der Waals surface area contributed by atoms with E-state index in [-0.39, 0.29) is 11.8 Å². The summed E-state index contributed by atoms with van der Waals surface area (Å²) in [7, 11) is 0. The monoisotopic (exact) mass is 279 g/mol. The van der Waals surface area contributed by atoms with E-state index in [2.05, 4.69) is 0 Å². The second kappa shape index (κ2) is 5.65. The lowest BCUT2D eigenvalue weighted by Crippen LogP contribution is -2.45. The number of rotatable bonds is 4. The van der Waals surface area contributed by atoms with Gasteiger partial charge in [0.15, 0.2) is 0 Å². The Morgan fingerprint density at radius 1 is 1.47 bits per heavy atom. The molecule has 0 spiro atoms. The fraction of sp³-hybridized carbons (Fsp3) is 0.429. The Balaban J connectivity index is 2.34. The van der Waals surface area contributed by atoms with E-state index in [0.717, 1.165) is 11.3 Å². The molecule has 1 aliphatic heterocycles. The summed E-state index contributed by atoms with van der Waals surface area (Å²) < 4.78 is 0. The summed E-state index contributed by atoms with van der Waals surface area (Å²) in [5.74, 6) is -0.528. The van der Waals surface area contributed by atoms with Crippen LogP contribution in [0.5, 0.6) is 0 Å². The Kier molecular flexibility index (Phi) is 4.14. The molecule has 0 radical (unpaired) electrons. The van der Waals surface area contributed by atoms with Gasteiger partial charge in [-0.3, -0.25) is 9.69 Å². The largest absolute Gasteiger partial charge is 0.480 e. The number of aliphatic carboxylic acids is 1. The summed E-state index contributed by atoms with van der Waals surface area (Å²) in [4.78, 5) is 25.3. The molecule has 2 atom stereocenters. The van der Waals surface area contributed by atoms with Crippen LogP contribution in [0.25, 0.3) is 0 Å². The Morgan fingerprint density at radius 3 is 2.79 bits per heavy atom. The Morgan fingerprint density at radius 2 is 2.16 bits per heavy atom. The molecule has 1 heterocycles. The van der Waals surface area contributed by atoms with Gasteiger partial charge in [0.2, 0.25) is 5.91 Å². The lowest BCUT2D eigenvalue weighted by atomic mass is 10.1. The first-order valence-electron chi connectivity index (χ1n) is 6.19. The molecular weight excluding hydrogens is 262 g/mol. The number of nitrogens with zero attached hydrogens (tertiary/aromatic N) is 1. The van der Waals surface area contributed by atoms with Gasteiger partial charge in [0.1, 0.15) is 6.04 Å². The van der Waals surface area contributed by atoms with Crippen LogP contribution in [-0.4, -0.2) is 35.0 Å². The van der Waals surface area contributed by atoms with Gasteiger partial charge in [0.05, 0.1) is 0 Å². The van der Waals surface area contributed by atoms with Crippen LogP contribution >= 0.6 is 11.8 Å². The third kappa shape index (κ3) is 2.61. The number of carbonyl (C=O) groups is 2. The summed E-state index contributed by atoms with van der Waals surface area (Å²) in [5.41, 5.74) is 1.67. The minimum Gasteiger partial charge on any atom is -0.480 e. The fourth-order valence-corrected chi connectivity index (χ4v) is 3.06. The molecule has 0 saturated carbocycles. The first-order valence-corrected chi connectivity index (χ1v) is 7.58. The van der Waals surface area contributed by atoms with Crippen molar-refractivity contribution in [1.82, 2.24) is 0 Å². The quantitative estimate of drug-likeness (QED) is 0.916. The van der Waals surface area contributed by atoms with Crippen LogP contribution in [0.3, 0.4) is 0 Å². The average molecular weight is 279 g/mol. The first kappa shape index (κ1) is 13.9. The molecule has 102 valence electrons. The average Bonchev–Trinajstić information content (AvgIpc) is 2.77. The molecule has 19 heavy (non-hydrogen) atoms. The molecule has 1 amide bonds. The van der Waals surface area contributed by atoms with E-state index in [9.17, 15) is 14.7 Å². The molecule has 0 saturated heterocycles. The van der Waals surface area contributed by atoms with Gasteiger partial charge in [0.25, 0.3) is 0 Å². The van der Waals surface area contributed by atoms with Crippen LogP contribution in [0.2, 0.25) is 0 Å². The van der Waals surface area contributed by atoms with Crippen molar-refractivity contribution in [3.63, 3.8) is 0 Å². The normalized spacial score (nSPS) is 19.1. The van der Waals surface area contributed by atoms with E-state index in [1.54, 1.807) is 11.8 Å². The van der Waals surface area contributed by atoms with E-state index in [4.69, 9.17) is 0 Å². The van der Waals surface area contributed by atoms with Crippen LogP contribution in [0, 0.1) is 5.92 Å². The van der Waals surface area contributed by atoms with Crippen LogP contribution in [0.1, 0.15) is 12.5 Å². The number of benzene rings is 1. The number of hydrogen-bond donors (Lipinski definition) is 1. The van der Waals surface area contributed by atoms with Gasteiger partial charge in [0, 0.05) is 23.8 Å². The van der Waals surface area contributed by atoms with Gasteiger partial charge in [-0.15, -0.1) is 0 Å². The van der Waals surface area contributed by atoms with Gasteiger partial charge >= 0.3 is 5.97 Å². The summed E-state index contributed by atoms with van der Waals surface area (Å²) >= 11 is 1.59. The number of carbonyl (C=O) groups excluding carboxylic acids is 1. The zero-order valence-corrected chi connectivity index (χ0v) is 11.8. The molecule has 1 aliphatic rings. The number of fused-ring (bicyclic) bond motifs is 1. The minimum atomic E-state index is -0.944. The molecule has 0 aliphatic carbocycles. The molecule has 2 unspecified atom stereocenters. The second-order valence-electron chi connectivity index (χ2n) is 4.75. The number of carboxylic acid groups (broad SMARTS) is 1. The maximum absolute atomic E-state index is 12.5. The maximum atomic E-state index is 12.5. The smallest absolute Gasteiger partial charge is 0.327 e. The number of thioether (sulfide) groups is 1. The molecular formula is C14H17NO3S. The molecule has 1 aromatic carbocycles. The SMILES string of the molecule is CSCC(C)C(=O)N1c2ccccc2CC1C(=O)O. The lowest BCUT2D eigenvalue weighted by Gasteiger charge is -2.25. The van der Waals surface area contributed by atoms with Crippen molar-refractivity contribution in [1.29, 1.82) is 0 Å². The molecule has 5 heteroatoms. The van der Waals surface area contributed by atoms with E-state index in [0.29, 0.717) is 12.2 Å². The zero-order valence-electron chi connectivity index (χ0n) is 11.0. The molecule has 0 aromatic heterocycles. The Labute approximate surface area is 116 Å². The number of para-hydroxylation sites is 1. The third-order valence-corrected chi connectivity index (χ3v) is 4.17.